The number of fused-ring (bicyclic) bond motifs is 1. The van der Waals surface area contributed by atoms with Crippen LogP contribution in [0.4, 0.5) is 10.1 Å². The predicted octanol–water partition coefficient (Wildman–Crippen LogP) is 2.49. The van der Waals surface area contributed by atoms with Gasteiger partial charge in [-0.3, -0.25) is 14.6 Å². The molecular weight excluding hydrogens is 321 g/mol. The van der Waals surface area contributed by atoms with Gasteiger partial charge in [-0.05, 0) is 42.7 Å². The highest BCUT2D eigenvalue weighted by Gasteiger charge is 2.53. The smallest absolute Gasteiger partial charge is 0.236 e. The van der Waals surface area contributed by atoms with Crippen LogP contribution in [-0.4, -0.2) is 34.3 Å². The van der Waals surface area contributed by atoms with Gasteiger partial charge < -0.3 is 10.2 Å². The zero-order chi connectivity index (χ0) is 17.4. The van der Waals surface area contributed by atoms with Crippen LogP contribution < -0.4 is 5.32 Å². The van der Waals surface area contributed by atoms with Gasteiger partial charge in [0.1, 0.15) is 5.82 Å². The van der Waals surface area contributed by atoms with E-state index in [-0.39, 0.29) is 23.7 Å². The number of halogens is 1. The molecule has 0 unspecified atom stereocenters. The van der Waals surface area contributed by atoms with Gasteiger partial charge in [0.25, 0.3) is 0 Å². The van der Waals surface area contributed by atoms with Crippen molar-refractivity contribution in [2.24, 2.45) is 0 Å². The average Bonchev–Trinajstić information content (AvgIpc) is 3.16. The minimum atomic E-state index is -0.863. The Labute approximate surface area is 144 Å². The summed E-state index contributed by atoms with van der Waals surface area (Å²) in [5, 5.41) is 2.93. The molecule has 1 aromatic heterocycles. The fourth-order valence-electron chi connectivity index (χ4n) is 3.94. The third-order valence-corrected chi connectivity index (χ3v) is 5.25. The lowest BCUT2D eigenvalue weighted by atomic mass is 9.77. The van der Waals surface area contributed by atoms with Crippen LogP contribution in [0.15, 0.2) is 48.8 Å². The SMILES string of the molecule is O=C1CC[C@H]2C[C@@](C(=O)Nc3ccncc3)(c3ccc(F)cc3)CN12. The summed E-state index contributed by atoms with van der Waals surface area (Å²) < 4.78 is 13.4. The standard InChI is InChI=1S/C19H18FN3O2/c20-14-3-1-13(2-4-14)19(11-16-5-6-17(24)23(16)12-19)18(25)22-15-7-9-21-10-8-15/h1-4,7-10,16H,5-6,11-12H2,(H,21,22,25)/t16-,19-/m0/s1. The highest BCUT2D eigenvalue weighted by atomic mass is 19.1. The van der Waals surface area contributed by atoms with E-state index < -0.39 is 5.41 Å². The quantitative estimate of drug-likeness (QED) is 0.934. The molecule has 2 saturated heterocycles. The largest absolute Gasteiger partial charge is 0.338 e. The summed E-state index contributed by atoms with van der Waals surface area (Å²) in [6.45, 7) is 0.332. The second kappa shape index (κ2) is 5.95. The molecule has 2 aromatic rings. The molecule has 3 heterocycles. The first-order chi connectivity index (χ1) is 12.1. The number of benzene rings is 1. The first-order valence-electron chi connectivity index (χ1n) is 8.35. The van der Waals surface area contributed by atoms with E-state index in [2.05, 4.69) is 10.3 Å². The van der Waals surface area contributed by atoms with Gasteiger partial charge >= 0.3 is 0 Å². The van der Waals surface area contributed by atoms with Crippen molar-refractivity contribution < 1.29 is 14.0 Å². The maximum atomic E-state index is 13.4. The fraction of sp³-hybridized carbons (Fsp3) is 0.316. The van der Waals surface area contributed by atoms with Gasteiger partial charge in [-0.1, -0.05) is 12.1 Å². The number of nitrogens with one attached hydrogen (secondary N) is 1. The highest BCUT2D eigenvalue weighted by molar-refractivity contribution is 6.00. The molecule has 0 radical (unpaired) electrons. The molecule has 2 aliphatic rings. The molecule has 1 aromatic carbocycles. The maximum absolute atomic E-state index is 13.4. The van der Waals surface area contributed by atoms with Crippen molar-refractivity contribution in [3.8, 4) is 0 Å². The fourth-order valence-corrected chi connectivity index (χ4v) is 3.94. The van der Waals surface area contributed by atoms with Crippen molar-refractivity contribution in [3.05, 3.63) is 60.2 Å². The Morgan fingerprint density at radius 2 is 1.92 bits per heavy atom. The lowest BCUT2D eigenvalue weighted by Gasteiger charge is -2.29. The van der Waals surface area contributed by atoms with Crippen LogP contribution in [0.1, 0.15) is 24.8 Å². The lowest BCUT2D eigenvalue weighted by molar-refractivity contribution is -0.128. The Balaban J connectivity index is 1.70. The van der Waals surface area contributed by atoms with E-state index in [1.165, 1.54) is 12.1 Å². The Kier molecular flexibility index (Phi) is 3.75. The topological polar surface area (TPSA) is 62.3 Å². The first kappa shape index (κ1) is 15.7. The zero-order valence-electron chi connectivity index (χ0n) is 13.6. The molecular formula is C19H18FN3O2. The van der Waals surface area contributed by atoms with Gasteiger partial charge in [-0.15, -0.1) is 0 Å². The van der Waals surface area contributed by atoms with Crippen LogP contribution in [-0.2, 0) is 15.0 Å². The molecule has 25 heavy (non-hydrogen) atoms. The summed E-state index contributed by atoms with van der Waals surface area (Å²) in [5.41, 5.74) is 0.528. The molecule has 2 fully saturated rings. The molecule has 2 amide bonds. The molecule has 0 spiro atoms. The molecule has 0 saturated carbocycles. The summed E-state index contributed by atoms with van der Waals surface area (Å²) in [7, 11) is 0. The third kappa shape index (κ3) is 2.67. The molecule has 2 atom stereocenters. The number of nitrogens with zero attached hydrogens (tertiary/aromatic N) is 2. The number of carbonyl (C=O) groups is 2. The van der Waals surface area contributed by atoms with Gasteiger partial charge in [-0.2, -0.15) is 0 Å². The number of hydrogen-bond donors (Lipinski definition) is 1. The number of aromatic nitrogens is 1. The molecule has 4 rings (SSSR count). The molecule has 1 N–H and O–H groups in total. The van der Waals surface area contributed by atoms with Crippen molar-refractivity contribution in [1.82, 2.24) is 9.88 Å². The molecule has 2 aliphatic heterocycles. The van der Waals surface area contributed by atoms with Crippen molar-refractivity contribution in [3.63, 3.8) is 0 Å². The lowest BCUT2D eigenvalue weighted by Crippen LogP contribution is -2.43. The van der Waals surface area contributed by atoms with Gasteiger partial charge in [0.05, 0.1) is 5.41 Å². The monoisotopic (exact) mass is 339 g/mol. The maximum Gasteiger partial charge on any atom is 0.236 e. The molecule has 0 aliphatic carbocycles. The summed E-state index contributed by atoms with van der Waals surface area (Å²) in [5.74, 6) is -0.429. The number of rotatable bonds is 3. The van der Waals surface area contributed by atoms with Crippen LogP contribution in [0.5, 0.6) is 0 Å². The van der Waals surface area contributed by atoms with Crippen molar-refractivity contribution in [1.29, 1.82) is 0 Å². The number of pyridine rings is 1. The zero-order valence-corrected chi connectivity index (χ0v) is 13.6. The van der Waals surface area contributed by atoms with Crippen LogP contribution in [0.2, 0.25) is 0 Å². The van der Waals surface area contributed by atoms with E-state index >= 15 is 0 Å². The summed E-state index contributed by atoms with van der Waals surface area (Å²) in [6, 6.07) is 9.53. The van der Waals surface area contributed by atoms with E-state index in [4.69, 9.17) is 0 Å². The van der Waals surface area contributed by atoms with Crippen LogP contribution in [0, 0.1) is 5.82 Å². The van der Waals surface area contributed by atoms with Gasteiger partial charge in [0.2, 0.25) is 11.8 Å². The molecule has 128 valence electrons. The summed E-state index contributed by atoms with van der Waals surface area (Å²) in [6.07, 6.45) is 5.08. The first-order valence-corrected chi connectivity index (χ1v) is 8.35. The van der Waals surface area contributed by atoms with Crippen LogP contribution in [0.3, 0.4) is 0 Å². The Morgan fingerprint density at radius 3 is 2.60 bits per heavy atom. The van der Waals surface area contributed by atoms with Gasteiger partial charge in [0, 0.05) is 37.1 Å². The number of carbonyl (C=O) groups excluding carboxylic acids is 2. The third-order valence-electron chi connectivity index (χ3n) is 5.25. The highest BCUT2D eigenvalue weighted by Crippen LogP contribution is 2.43. The minimum absolute atomic E-state index is 0.0701. The Bertz CT molecular complexity index is 809. The van der Waals surface area contributed by atoms with E-state index in [9.17, 15) is 14.0 Å². The van der Waals surface area contributed by atoms with Crippen molar-refractivity contribution in [2.45, 2.75) is 30.7 Å². The number of amides is 2. The minimum Gasteiger partial charge on any atom is -0.338 e. The van der Waals surface area contributed by atoms with Gasteiger partial charge in [0.15, 0.2) is 0 Å². The molecule has 5 nitrogen and oxygen atoms in total. The predicted molar refractivity (Wildman–Crippen MR) is 90.3 cm³/mol. The number of hydrogen-bond acceptors (Lipinski definition) is 3. The van der Waals surface area contributed by atoms with E-state index in [1.54, 1.807) is 41.6 Å². The van der Waals surface area contributed by atoms with Crippen LogP contribution in [0.25, 0.3) is 0 Å². The van der Waals surface area contributed by atoms with Crippen molar-refractivity contribution in [2.75, 3.05) is 11.9 Å². The van der Waals surface area contributed by atoms with E-state index in [0.29, 0.717) is 25.1 Å². The average molecular weight is 339 g/mol. The summed E-state index contributed by atoms with van der Waals surface area (Å²) in [4.78, 5) is 31.1. The summed E-state index contributed by atoms with van der Waals surface area (Å²) >= 11 is 0. The van der Waals surface area contributed by atoms with Gasteiger partial charge in [-0.25, -0.2) is 4.39 Å². The van der Waals surface area contributed by atoms with Crippen molar-refractivity contribution >= 4 is 17.5 Å². The Morgan fingerprint density at radius 1 is 1.20 bits per heavy atom. The Hall–Kier alpha value is -2.76. The normalized spacial score (nSPS) is 25.1. The second-order valence-electron chi connectivity index (χ2n) is 6.70. The second-order valence-corrected chi connectivity index (χ2v) is 6.70. The van der Waals surface area contributed by atoms with E-state index in [0.717, 1.165) is 12.0 Å². The molecule has 6 heteroatoms. The van der Waals surface area contributed by atoms with E-state index in [1.807, 2.05) is 0 Å². The molecule has 0 bridgehead atoms. The van der Waals surface area contributed by atoms with Crippen LogP contribution >= 0.6 is 0 Å². The number of anilines is 1.